The zero-order valence-electron chi connectivity index (χ0n) is 8.94. The number of hydrogen-bond donors (Lipinski definition) is 2. The number of piperidine rings is 1. The lowest BCUT2D eigenvalue weighted by Gasteiger charge is -2.44. The summed E-state index contributed by atoms with van der Waals surface area (Å²) < 4.78 is 12.6. The highest BCUT2D eigenvalue weighted by molar-refractivity contribution is 9.10. The average molecular weight is 291 g/mol. The SMILES string of the molecule is NC1C=CC(F)=CC1(Br)N1CCC(O)CC1. The topological polar surface area (TPSA) is 49.5 Å². The van der Waals surface area contributed by atoms with Gasteiger partial charge in [-0.15, -0.1) is 0 Å². The summed E-state index contributed by atoms with van der Waals surface area (Å²) in [4.78, 5) is 2.08. The smallest absolute Gasteiger partial charge is 0.121 e. The van der Waals surface area contributed by atoms with E-state index in [-0.39, 0.29) is 18.0 Å². The molecule has 1 fully saturated rings. The van der Waals surface area contributed by atoms with Gasteiger partial charge in [0.2, 0.25) is 0 Å². The molecule has 3 nitrogen and oxygen atoms in total. The van der Waals surface area contributed by atoms with Crippen LogP contribution in [0.1, 0.15) is 12.8 Å². The van der Waals surface area contributed by atoms with E-state index in [1.165, 1.54) is 12.2 Å². The number of aliphatic hydroxyl groups is 1. The molecule has 1 aliphatic carbocycles. The van der Waals surface area contributed by atoms with Gasteiger partial charge in [0.25, 0.3) is 0 Å². The monoisotopic (exact) mass is 290 g/mol. The Hall–Kier alpha value is -0.230. The lowest BCUT2D eigenvalue weighted by atomic mass is 9.97. The Kier molecular flexibility index (Phi) is 3.49. The minimum absolute atomic E-state index is 0.239. The molecule has 2 aliphatic rings. The summed E-state index contributed by atoms with van der Waals surface area (Å²) in [5.41, 5.74) is 5.99. The number of halogens is 2. The number of hydrogen-bond acceptors (Lipinski definition) is 3. The summed E-state index contributed by atoms with van der Waals surface area (Å²) in [6, 6.07) is -0.276. The molecule has 0 aromatic carbocycles. The standard InChI is InChI=1S/C11H16BrFN2O/c12-11(7-8(13)1-2-10(11)14)15-5-3-9(16)4-6-15/h1-2,7,9-10,16H,3-6,14H2. The first-order chi connectivity index (χ1) is 7.52. The lowest BCUT2D eigenvalue weighted by Crippen LogP contribution is -2.57. The van der Waals surface area contributed by atoms with Crippen molar-refractivity contribution in [2.24, 2.45) is 5.73 Å². The zero-order chi connectivity index (χ0) is 11.8. The number of nitrogens with two attached hydrogens (primary N) is 1. The van der Waals surface area contributed by atoms with Crippen LogP contribution >= 0.6 is 15.9 Å². The van der Waals surface area contributed by atoms with Crippen molar-refractivity contribution in [1.82, 2.24) is 4.90 Å². The molecule has 0 bridgehead atoms. The van der Waals surface area contributed by atoms with Gasteiger partial charge < -0.3 is 10.8 Å². The molecule has 0 amide bonds. The molecule has 90 valence electrons. The maximum atomic E-state index is 13.3. The van der Waals surface area contributed by atoms with Crippen LogP contribution in [0, 0.1) is 0 Å². The number of likely N-dealkylation sites (tertiary alicyclic amines) is 1. The van der Waals surface area contributed by atoms with Gasteiger partial charge in [-0.3, -0.25) is 4.90 Å². The summed E-state index contributed by atoms with van der Waals surface area (Å²) in [5.74, 6) is -0.273. The number of nitrogens with zero attached hydrogens (tertiary/aromatic N) is 1. The third-order valence-corrected chi connectivity index (χ3v) is 4.48. The van der Waals surface area contributed by atoms with Crippen molar-refractivity contribution in [2.45, 2.75) is 29.4 Å². The Bertz CT molecular complexity index is 326. The zero-order valence-corrected chi connectivity index (χ0v) is 10.5. The molecule has 1 aliphatic heterocycles. The van der Waals surface area contributed by atoms with E-state index in [9.17, 15) is 9.50 Å². The number of alkyl halides is 1. The van der Waals surface area contributed by atoms with Crippen LogP contribution in [0.2, 0.25) is 0 Å². The van der Waals surface area contributed by atoms with Crippen LogP contribution in [-0.2, 0) is 0 Å². The minimum atomic E-state index is -0.647. The first-order valence-electron chi connectivity index (χ1n) is 5.46. The molecular weight excluding hydrogens is 275 g/mol. The number of allylic oxidation sites excluding steroid dienone is 2. The molecular formula is C11H16BrFN2O. The largest absolute Gasteiger partial charge is 0.393 e. The summed E-state index contributed by atoms with van der Waals surface area (Å²) >= 11 is 3.53. The van der Waals surface area contributed by atoms with Crippen LogP contribution in [-0.4, -0.2) is 39.7 Å². The first kappa shape index (κ1) is 12.2. The molecule has 16 heavy (non-hydrogen) atoms. The van der Waals surface area contributed by atoms with Crippen LogP contribution in [0.4, 0.5) is 4.39 Å². The highest BCUT2D eigenvalue weighted by atomic mass is 79.9. The van der Waals surface area contributed by atoms with Gasteiger partial charge in [-0.05, 0) is 25.0 Å². The fourth-order valence-electron chi connectivity index (χ4n) is 2.18. The third kappa shape index (κ3) is 2.22. The van der Waals surface area contributed by atoms with Crippen molar-refractivity contribution >= 4 is 15.9 Å². The second-order valence-electron chi connectivity index (χ2n) is 4.36. The summed E-state index contributed by atoms with van der Waals surface area (Å²) in [5, 5.41) is 9.45. The van der Waals surface area contributed by atoms with E-state index in [1.807, 2.05) is 0 Å². The Morgan fingerprint density at radius 2 is 2.12 bits per heavy atom. The molecule has 3 N–H and O–H groups in total. The van der Waals surface area contributed by atoms with E-state index in [0.29, 0.717) is 12.8 Å². The summed E-state index contributed by atoms with van der Waals surface area (Å²) in [6.45, 7) is 1.44. The minimum Gasteiger partial charge on any atom is -0.393 e. The van der Waals surface area contributed by atoms with Crippen LogP contribution in [0.15, 0.2) is 24.1 Å². The van der Waals surface area contributed by atoms with Crippen molar-refractivity contribution in [3.05, 3.63) is 24.1 Å². The highest BCUT2D eigenvalue weighted by Crippen LogP contribution is 2.35. The molecule has 1 saturated heterocycles. The van der Waals surface area contributed by atoms with E-state index in [2.05, 4.69) is 20.8 Å². The quantitative estimate of drug-likeness (QED) is 0.565. The normalized spacial score (nSPS) is 37.5. The summed E-state index contributed by atoms with van der Waals surface area (Å²) in [6.07, 6.45) is 5.74. The van der Waals surface area contributed by atoms with E-state index in [0.717, 1.165) is 13.1 Å². The van der Waals surface area contributed by atoms with Crippen LogP contribution in [0.25, 0.3) is 0 Å². The van der Waals surface area contributed by atoms with Gasteiger partial charge in [-0.1, -0.05) is 22.0 Å². The molecule has 2 atom stereocenters. The van der Waals surface area contributed by atoms with E-state index in [1.54, 1.807) is 6.08 Å². The Morgan fingerprint density at radius 3 is 2.75 bits per heavy atom. The van der Waals surface area contributed by atoms with Gasteiger partial charge in [0.15, 0.2) is 0 Å². The molecule has 5 heteroatoms. The van der Waals surface area contributed by atoms with Crippen molar-refractivity contribution in [3.8, 4) is 0 Å². The second kappa shape index (κ2) is 4.56. The third-order valence-electron chi connectivity index (χ3n) is 3.22. The molecule has 2 unspecified atom stereocenters. The van der Waals surface area contributed by atoms with Gasteiger partial charge in [0.05, 0.1) is 12.1 Å². The highest BCUT2D eigenvalue weighted by Gasteiger charge is 2.40. The van der Waals surface area contributed by atoms with Gasteiger partial charge in [-0.2, -0.15) is 0 Å². The Labute approximate surface area is 103 Å². The molecule has 0 aromatic heterocycles. The molecule has 0 aromatic rings. The lowest BCUT2D eigenvalue weighted by molar-refractivity contribution is 0.0607. The molecule has 0 radical (unpaired) electrons. The fourth-order valence-corrected chi connectivity index (χ4v) is 2.90. The molecule has 1 heterocycles. The second-order valence-corrected chi connectivity index (χ2v) is 5.63. The van der Waals surface area contributed by atoms with E-state index < -0.39 is 4.45 Å². The maximum absolute atomic E-state index is 13.3. The molecule has 0 saturated carbocycles. The predicted octanol–water partition coefficient (Wildman–Crippen LogP) is 1.28. The van der Waals surface area contributed by atoms with Crippen molar-refractivity contribution < 1.29 is 9.50 Å². The van der Waals surface area contributed by atoms with Gasteiger partial charge in [-0.25, -0.2) is 4.39 Å². The van der Waals surface area contributed by atoms with Gasteiger partial charge in [0, 0.05) is 13.1 Å². The average Bonchev–Trinajstić information content (AvgIpc) is 2.25. The number of rotatable bonds is 1. The molecule has 0 spiro atoms. The van der Waals surface area contributed by atoms with Crippen molar-refractivity contribution in [2.75, 3.05) is 13.1 Å². The molecule has 2 rings (SSSR count). The number of aliphatic hydroxyl groups excluding tert-OH is 1. The Balaban J connectivity index is 2.15. The predicted molar refractivity (Wildman–Crippen MR) is 64.8 cm³/mol. The van der Waals surface area contributed by atoms with E-state index in [4.69, 9.17) is 5.73 Å². The van der Waals surface area contributed by atoms with E-state index >= 15 is 0 Å². The van der Waals surface area contributed by atoms with Crippen LogP contribution < -0.4 is 5.73 Å². The van der Waals surface area contributed by atoms with Gasteiger partial charge >= 0.3 is 0 Å². The van der Waals surface area contributed by atoms with Gasteiger partial charge in [0.1, 0.15) is 10.3 Å². The first-order valence-corrected chi connectivity index (χ1v) is 6.26. The Morgan fingerprint density at radius 1 is 1.50 bits per heavy atom. The van der Waals surface area contributed by atoms with Crippen molar-refractivity contribution in [1.29, 1.82) is 0 Å². The van der Waals surface area contributed by atoms with Crippen molar-refractivity contribution in [3.63, 3.8) is 0 Å². The van der Waals surface area contributed by atoms with Crippen LogP contribution in [0.5, 0.6) is 0 Å². The summed E-state index contributed by atoms with van der Waals surface area (Å²) in [7, 11) is 0. The van der Waals surface area contributed by atoms with Crippen LogP contribution in [0.3, 0.4) is 0 Å². The fraction of sp³-hybridized carbons (Fsp3) is 0.636. The maximum Gasteiger partial charge on any atom is 0.121 e.